The number of amides is 1. The number of aryl methyl sites for hydroxylation is 1. The van der Waals surface area contributed by atoms with Crippen molar-refractivity contribution < 1.29 is 14.7 Å². The Hall–Kier alpha value is -2.95. The lowest BCUT2D eigenvalue weighted by molar-refractivity contribution is -0.131. The fourth-order valence-electron chi connectivity index (χ4n) is 1.66. The molecular formula is C16H14N2O3. The number of hydrogen-bond acceptors (Lipinski definition) is 3. The summed E-state index contributed by atoms with van der Waals surface area (Å²) in [6.45, 7) is 1.95. The molecule has 1 aromatic carbocycles. The monoisotopic (exact) mass is 282 g/mol. The number of anilines is 1. The van der Waals surface area contributed by atoms with Gasteiger partial charge < -0.3 is 10.4 Å². The van der Waals surface area contributed by atoms with Crippen molar-refractivity contribution in [2.75, 3.05) is 5.32 Å². The summed E-state index contributed by atoms with van der Waals surface area (Å²) < 4.78 is 0. The number of carbonyl (C=O) groups is 2. The van der Waals surface area contributed by atoms with E-state index in [0.717, 1.165) is 11.6 Å². The summed E-state index contributed by atoms with van der Waals surface area (Å²) in [6.07, 6.45) is 2.36. The lowest BCUT2D eigenvalue weighted by Gasteiger charge is -2.05. The van der Waals surface area contributed by atoms with Crippen LogP contribution >= 0.6 is 0 Å². The second kappa shape index (κ2) is 6.47. The number of carboxylic acid groups (broad SMARTS) is 1. The molecule has 2 N–H and O–H groups in total. The molecule has 0 aliphatic rings. The van der Waals surface area contributed by atoms with Crippen LogP contribution in [0.2, 0.25) is 0 Å². The van der Waals surface area contributed by atoms with Crippen molar-refractivity contribution in [3.63, 3.8) is 0 Å². The first kappa shape index (κ1) is 14.5. The Morgan fingerprint density at radius 1 is 1.14 bits per heavy atom. The number of benzene rings is 1. The quantitative estimate of drug-likeness (QED) is 0.845. The molecule has 0 aliphatic carbocycles. The van der Waals surface area contributed by atoms with E-state index in [1.807, 2.05) is 19.1 Å². The lowest BCUT2D eigenvalue weighted by Crippen LogP contribution is -2.13. The summed E-state index contributed by atoms with van der Waals surface area (Å²) in [6, 6.07) is 12.2. The maximum Gasteiger partial charge on any atom is 0.328 e. The largest absolute Gasteiger partial charge is 0.478 e. The molecule has 1 heterocycles. The minimum absolute atomic E-state index is 0.262. The van der Waals surface area contributed by atoms with Crippen LogP contribution in [0.15, 0.2) is 48.5 Å². The van der Waals surface area contributed by atoms with Gasteiger partial charge in [-0.25, -0.2) is 9.78 Å². The maximum absolute atomic E-state index is 12.0. The first-order valence-electron chi connectivity index (χ1n) is 6.31. The van der Waals surface area contributed by atoms with E-state index in [4.69, 9.17) is 5.11 Å². The van der Waals surface area contributed by atoms with Crippen LogP contribution in [0.25, 0.3) is 6.08 Å². The van der Waals surface area contributed by atoms with Crippen LogP contribution in [0.5, 0.6) is 0 Å². The molecule has 0 aliphatic heterocycles. The van der Waals surface area contributed by atoms with E-state index >= 15 is 0 Å². The lowest BCUT2D eigenvalue weighted by atomic mass is 10.1. The summed E-state index contributed by atoms with van der Waals surface area (Å²) in [5.74, 6) is -0.944. The number of aromatic nitrogens is 1. The second-order valence-corrected chi connectivity index (χ2v) is 4.44. The minimum Gasteiger partial charge on any atom is -0.478 e. The van der Waals surface area contributed by atoms with Gasteiger partial charge in [0.2, 0.25) is 0 Å². The molecule has 2 rings (SSSR count). The summed E-state index contributed by atoms with van der Waals surface area (Å²) in [5.41, 5.74) is 2.07. The Kier molecular flexibility index (Phi) is 4.46. The zero-order valence-corrected chi connectivity index (χ0v) is 11.4. The normalized spacial score (nSPS) is 10.5. The van der Waals surface area contributed by atoms with Crippen molar-refractivity contribution >= 4 is 23.8 Å². The standard InChI is InChI=1S/C16H14N2O3/c1-11-5-7-12(8-6-11)16(21)18-14-4-2-3-13(17-14)9-10-15(19)20/h2-10H,1H3,(H,19,20)(H,17,18,21). The number of hydrogen-bond donors (Lipinski definition) is 2. The fraction of sp³-hybridized carbons (Fsp3) is 0.0625. The Morgan fingerprint density at radius 2 is 1.86 bits per heavy atom. The molecule has 0 bridgehead atoms. The average molecular weight is 282 g/mol. The van der Waals surface area contributed by atoms with E-state index in [1.165, 1.54) is 6.08 Å². The molecule has 5 heteroatoms. The van der Waals surface area contributed by atoms with Gasteiger partial charge in [0.1, 0.15) is 5.82 Å². The summed E-state index contributed by atoms with van der Waals surface area (Å²) in [7, 11) is 0. The molecule has 0 atom stereocenters. The van der Waals surface area contributed by atoms with Gasteiger partial charge >= 0.3 is 5.97 Å². The van der Waals surface area contributed by atoms with Gasteiger partial charge in [-0.3, -0.25) is 4.79 Å². The Labute approximate surface area is 122 Å². The van der Waals surface area contributed by atoms with E-state index in [2.05, 4.69) is 10.3 Å². The Balaban J connectivity index is 2.12. The fourth-order valence-corrected chi connectivity index (χ4v) is 1.66. The third kappa shape index (κ3) is 4.28. The van der Waals surface area contributed by atoms with Gasteiger partial charge in [0.25, 0.3) is 5.91 Å². The molecule has 5 nitrogen and oxygen atoms in total. The highest BCUT2D eigenvalue weighted by molar-refractivity contribution is 6.03. The van der Waals surface area contributed by atoms with Crippen LogP contribution in [0.3, 0.4) is 0 Å². The van der Waals surface area contributed by atoms with Crippen LogP contribution in [-0.2, 0) is 4.79 Å². The van der Waals surface area contributed by atoms with Crippen molar-refractivity contribution in [2.45, 2.75) is 6.92 Å². The zero-order chi connectivity index (χ0) is 15.2. The molecule has 0 unspecified atom stereocenters. The molecule has 0 saturated heterocycles. The molecule has 1 amide bonds. The van der Waals surface area contributed by atoms with Gasteiger partial charge in [-0.2, -0.15) is 0 Å². The Morgan fingerprint density at radius 3 is 2.52 bits per heavy atom. The predicted octanol–water partition coefficient (Wildman–Crippen LogP) is 2.74. The second-order valence-electron chi connectivity index (χ2n) is 4.44. The van der Waals surface area contributed by atoms with Gasteiger partial charge in [0, 0.05) is 11.6 Å². The third-order valence-corrected chi connectivity index (χ3v) is 2.72. The van der Waals surface area contributed by atoms with Crippen molar-refractivity contribution in [3.8, 4) is 0 Å². The molecular weight excluding hydrogens is 268 g/mol. The molecule has 1 aromatic heterocycles. The number of nitrogens with one attached hydrogen (secondary N) is 1. The summed E-state index contributed by atoms with van der Waals surface area (Å²) in [4.78, 5) is 26.6. The summed E-state index contributed by atoms with van der Waals surface area (Å²) >= 11 is 0. The van der Waals surface area contributed by atoms with Gasteiger partial charge in [-0.15, -0.1) is 0 Å². The molecule has 21 heavy (non-hydrogen) atoms. The molecule has 0 radical (unpaired) electrons. The highest BCUT2D eigenvalue weighted by Gasteiger charge is 2.06. The van der Waals surface area contributed by atoms with Crippen molar-refractivity contribution in [1.29, 1.82) is 0 Å². The highest BCUT2D eigenvalue weighted by atomic mass is 16.4. The molecule has 106 valence electrons. The number of aliphatic carboxylic acids is 1. The predicted molar refractivity (Wildman–Crippen MR) is 80.0 cm³/mol. The van der Waals surface area contributed by atoms with Crippen molar-refractivity contribution in [3.05, 3.63) is 65.4 Å². The van der Waals surface area contributed by atoms with Gasteiger partial charge in [0.05, 0.1) is 5.69 Å². The molecule has 0 fully saturated rings. The van der Waals surface area contributed by atoms with E-state index in [0.29, 0.717) is 17.1 Å². The number of carbonyl (C=O) groups excluding carboxylic acids is 1. The molecule has 0 spiro atoms. The SMILES string of the molecule is Cc1ccc(C(=O)Nc2cccc(C=CC(=O)O)n2)cc1. The minimum atomic E-state index is -1.05. The van der Waals surface area contributed by atoms with Crippen molar-refractivity contribution in [2.24, 2.45) is 0 Å². The van der Waals surface area contributed by atoms with Gasteiger partial charge in [-0.1, -0.05) is 23.8 Å². The van der Waals surface area contributed by atoms with E-state index < -0.39 is 5.97 Å². The maximum atomic E-state index is 12.0. The van der Waals surface area contributed by atoms with E-state index in [1.54, 1.807) is 30.3 Å². The number of pyridine rings is 1. The van der Waals surface area contributed by atoms with Crippen LogP contribution < -0.4 is 5.32 Å². The first-order chi connectivity index (χ1) is 10.0. The third-order valence-electron chi connectivity index (χ3n) is 2.72. The highest BCUT2D eigenvalue weighted by Crippen LogP contribution is 2.10. The van der Waals surface area contributed by atoms with E-state index in [9.17, 15) is 9.59 Å². The van der Waals surface area contributed by atoms with Gasteiger partial charge in [0.15, 0.2) is 0 Å². The van der Waals surface area contributed by atoms with E-state index in [-0.39, 0.29) is 5.91 Å². The smallest absolute Gasteiger partial charge is 0.328 e. The Bertz CT molecular complexity index is 691. The topological polar surface area (TPSA) is 79.3 Å². The average Bonchev–Trinajstić information content (AvgIpc) is 2.46. The van der Waals surface area contributed by atoms with Crippen LogP contribution in [0.1, 0.15) is 21.6 Å². The molecule has 2 aromatic rings. The van der Waals surface area contributed by atoms with Gasteiger partial charge in [-0.05, 0) is 37.3 Å². The number of carboxylic acids is 1. The number of rotatable bonds is 4. The molecule has 0 saturated carbocycles. The summed E-state index contributed by atoms with van der Waals surface area (Å²) in [5, 5.41) is 11.3. The van der Waals surface area contributed by atoms with Crippen LogP contribution in [0.4, 0.5) is 5.82 Å². The first-order valence-corrected chi connectivity index (χ1v) is 6.31. The van der Waals surface area contributed by atoms with Crippen LogP contribution in [0, 0.1) is 6.92 Å². The number of nitrogens with zero attached hydrogens (tertiary/aromatic N) is 1. The van der Waals surface area contributed by atoms with Crippen LogP contribution in [-0.4, -0.2) is 22.0 Å². The van der Waals surface area contributed by atoms with Crippen molar-refractivity contribution in [1.82, 2.24) is 4.98 Å². The zero-order valence-electron chi connectivity index (χ0n) is 11.4.